The number of amides is 2. The molecule has 0 saturated heterocycles. The third-order valence-corrected chi connectivity index (χ3v) is 8.24. The topological polar surface area (TPSA) is 139 Å². The van der Waals surface area contributed by atoms with Crippen LogP contribution in [0.25, 0.3) is 0 Å². The minimum Gasteiger partial charge on any atom is -0.497 e. The number of nitro groups is 1. The highest BCUT2D eigenvalue weighted by atomic mass is 32.2. The van der Waals surface area contributed by atoms with Crippen molar-refractivity contribution in [3.05, 3.63) is 94.0 Å². The summed E-state index contributed by atoms with van der Waals surface area (Å²) in [5.41, 5.74) is 0.243. The average molecular weight is 597 g/mol. The third kappa shape index (κ3) is 7.84. The van der Waals surface area contributed by atoms with Crippen LogP contribution in [0.3, 0.4) is 0 Å². The van der Waals surface area contributed by atoms with E-state index in [-0.39, 0.29) is 22.8 Å². The van der Waals surface area contributed by atoms with Gasteiger partial charge >= 0.3 is 0 Å². The Bertz CT molecular complexity index is 1540. The second-order valence-corrected chi connectivity index (χ2v) is 12.7. The second kappa shape index (κ2) is 13.0. The minimum absolute atomic E-state index is 0.0465. The zero-order chi connectivity index (χ0) is 31.2. The molecule has 11 nitrogen and oxygen atoms in total. The number of methoxy groups -OCH3 is 1. The molecule has 0 fully saturated rings. The second-order valence-electron chi connectivity index (χ2n) is 10.8. The maximum absolute atomic E-state index is 14.0. The lowest BCUT2D eigenvalue weighted by Crippen LogP contribution is -2.54. The predicted octanol–water partition coefficient (Wildman–Crippen LogP) is 4.44. The van der Waals surface area contributed by atoms with Crippen LogP contribution in [-0.2, 0) is 26.2 Å². The molecule has 1 unspecified atom stereocenters. The van der Waals surface area contributed by atoms with E-state index in [2.05, 4.69) is 5.32 Å². The number of hydrogen-bond acceptors (Lipinski definition) is 7. The van der Waals surface area contributed by atoms with E-state index in [9.17, 15) is 28.1 Å². The molecule has 0 aliphatic heterocycles. The van der Waals surface area contributed by atoms with Crippen molar-refractivity contribution in [1.29, 1.82) is 0 Å². The predicted molar refractivity (Wildman–Crippen MR) is 160 cm³/mol. The van der Waals surface area contributed by atoms with Crippen LogP contribution < -0.4 is 14.4 Å². The number of ether oxygens (including phenoxy) is 1. The van der Waals surface area contributed by atoms with E-state index in [4.69, 9.17) is 4.74 Å². The van der Waals surface area contributed by atoms with Crippen LogP contribution in [0, 0.1) is 17.0 Å². The van der Waals surface area contributed by atoms with Crippen molar-refractivity contribution in [2.24, 2.45) is 0 Å². The van der Waals surface area contributed by atoms with Gasteiger partial charge in [0.1, 0.15) is 18.3 Å². The maximum atomic E-state index is 14.0. The van der Waals surface area contributed by atoms with Crippen LogP contribution in [-0.4, -0.2) is 55.3 Å². The van der Waals surface area contributed by atoms with Crippen LogP contribution in [0.2, 0.25) is 0 Å². The smallest absolute Gasteiger partial charge is 0.273 e. The van der Waals surface area contributed by atoms with Gasteiger partial charge in [0.2, 0.25) is 11.8 Å². The van der Waals surface area contributed by atoms with Crippen molar-refractivity contribution in [3.8, 4) is 5.75 Å². The summed E-state index contributed by atoms with van der Waals surface area (Å²) in [6, 6.07) is 17.7. The van der Waals surface area contributed by atoms with Crippen molar-refractivity contribution in [1.82, 2.24) is 10.2 Å². The number of anilines is 1. The number of nitrogens with zero attached hydrogens (tertiary/aromatic N) is 3. The van der Waals surface area contributed by atoms with E-state index >= 15 is 0 Å². The molecule has 1 atom stereocenters. The first-order valence-electron chi connectivity index (χ1n) is 13.2. The Labute approximate surface area is 246 Å². The quantitative estimate of drug-likeness (QED) is 0.255. The van der Waals surface area contributed by atoms with Crippen LogP contribution in [0.1, 0.15) is 38.8 Å². The zero-order valence-corrected chi connectivity index (χ0v) is 25.3. The monoisotopic (exact) mass is 596 g/mol. The van der Waals surface area contributed by atoms with Crippen molar-refractivity contribution >= 4 is 33.2 Å². The number of sulfonamides is 1. The number of carbonyl (C=O) groups excluding carboxylic acids is 2. The molecule has 0 spiro atoms. The fourth-order valence-corrected chi connectivity index (χ4v) is 5.62. The lowest BCUT2D eigenvalue weighted by Gasteiger charge is -2.33. The lowest BCUT2D eigenvalue weighted by molar-refractivity contribution is -0.385. The molecule has 0 aliphatic carbocycles. The summed E-state index contributed by atoms with van der Waals surface area (Å²) in [5.74, 6) is -0.581. The van der Waals surface area contributed by atoms with Gasteiger partial charge in [-0.25, -0.2) is 8.42 Å². The summed E-state index contributed by atoms with van der Waals surface area (Å²) in [5, 5.41) is 14.4. The number of nitro benzene ring substituents is 1. The number of nitrogens with one attached hydrogen (secondary N) is 1. The van der Waals surface area contributed by atoms with Crippen LogP contribution in [0.15, 0.2) is 77.7 Å². The molecular weight excluding hydrogens is 560 g/mol. The highest BCUT2D eigenvalue weighted by Gasteiger charge is 2.34. The highest BCUT2D eigenvalue weighted by molar-refractivity contribution is 7.92. The maximum Gasteiger partial charge on any atom is 0.273 e. The Morgan fingerprint density at radius 1 is 1.02 bits per heavy atom. The molecule has 1 N–H and O–H groups in total. The Hall–Kier alpha value is -4.45. The molecule has 0 radical (unpaired) electrons. The number of hydrogen-bond donors (Lipinski definition) is 1. The molecule has 42 heavy (non-hydrogen) atoms. The summed E-state index contributed by atoms with van der Waals surface area (Å²) >= 11 is 0. The van der Waals surface area contributed by atoms with Crippen molar-refractivity contribution in [3.63, 3.8) is 0 Å². The van der Waals surface area contributed by atoms with Gasteiger partial charge in [-0.15, -0.1) is 0 Å². The van der Waals surface area contributed by atoms with Gasteiger partial charge in [-0.1, -0.05) is 36.4 Å². The van der Waals surface area contributed by atoms with Crippen molar-refractivity contribution < 1.29 is 27.7 Å². The molecule has 3 aromatic rings. The van der Waals surface area contributed by atoms with E-state index in [0.29, 0.717) is 11.3 Å². The van der Waals surface area contributed by atoms with Gasteiger partial charge < -0.3 is 15.0 Å². The van der Waals surface area contributed by atoms with E-state index in [1.165, 1.54) is 43.2 Å². The van der Waals surface area contributed by atoms with Gasteiger partial charge in [-0.3, -0.25) is 24.0 Å². The molecule has 12 heteroatoms. The lowest BCUT2D eigenvalue weighted by atomic mass is 10.1. The Morgan fingerprint density at radius 3 is 2.19 bits per heavy atom. The zero-order valence-electron chi connectivity index (χ0n) is 24.5. The average Bonchev–Trinajstić information content (AvgIpc) is 2.93. The number of aryl methyl sites for hydroxylation is 1. The summed E-state index contributed by atoms with van der Waals surface area (Å²) in [6.45, 7) is 7.92. The molecule has 224 valence electrons. The van der Waals surface area contributed by atoms with Crippen molar-refractivity contribution in [2.45, 2.75) is 57.6 Å². The molecule has 3 aromatic carbocycles. The van der Waals surface area contributed by atoms with Crippen LogP contribution >= 0.6 is 0 Å². The molecule has 0 saturated carbocycles. The SMILES string of the molecule is COc1ccc(N(CC(=O)N(Cc2ccccc2)C(C)C(=O)NC(C)(C)C)S(=O)(=O)c2ccc(C)c([N+](=O)[O-])c2)cc1. The van der Waals surface area contributed by atoms with E-state index in [0.717, 1.165) is 15.9 Å². The van der Waals surface area contributed by atoms with E-state index in [1.54, 1.807) is 43.3 Å². The molecule has 0 aliphatic rings. The fraction of sp³-hybridized carbons (Fsp3) is 0.333. The first kappa shape index (κ1) is 32.1. The van der Waals surface area contributed by atoms with Gasteiger partial charge in [0.15, 0.2) is 0 Å². The van der Waals surface area contributed by atoms with Gasteiger partial charge in [0.05, 0.1) is 22.6 Å². The molecule has 0 bridgehead atoms. The Morgan fingerprint density at radius 2 is 1.64 bits per heavy atom. The van der Waals surface area contributed by atoms with Crippen molar-refractivity contribution in [2.75, 3.05) is 18.0 Å². The van der Waals surface area contributed by atoms with E-state index in [1.807, 2.05) is 26.8 Å². The normalized spacial score (nSPS) is 12.2. The number of benzene rings is 3. The molecule has 0 aromatic heterocycles. The standard InChI is InChI=1S/C30H36N4O7S/c1-21-12-17-26(18-27(21)34(37)38)42(39,40)33(24-13-15-25(41-6)16-14-24)20-28(35)32(19-23-10-8-7-9-11-23)22(2)29(36)31-30(3,4)5/h7-18,22H,19-20H2,1-6H3,(H,31,36). The summed E-state index contributed by atoms with van der Waals surface area (Å²) < 4.78 is 34.1. The first-order chi connectivity index (χ1) is 19.6. The van der Waals surface area contributed by atoms with E-state index < -0.39 is 44.9 Å². The Balaban J connectivity index is 2.09. The first-order valence-corrected chi connectivity index (χ1v) is 14.7. The molecule has 3 rings (SSSR count). The summed E-state index contributed by atoms with van der Waals surface area (Å²) in [6.07, 6.45) is 0. The van der Waals surface area contributed by atoms with Gasteiger partial charge in [0.25, 0.3) is 15.7 Å². The summed E-state index contributed by atoms with van der Waals surface area (Å²) in [7, 11) is -3.02. The van der Waals surface area contributed by atoms with Gasteiger partial charge in [0, 0.05) is 23.7 Å². The molecule has 2 amide bonds. The largest absolute Gasteiger partial charge is 0.497 e. The Kier molecular flexibility index (Phi) is 9.95. The summed E-state index contributed by atoms with van der Waals surface area (Å²) in [4.78, 5) is 39.0. The molecule has 0 heterocycles. The number of carbonyl (C=O) groups is 2. The minimum atomic E-state index is -4.48. The van der Waals surface area contributed by atoms with Gasteiger partial charge in [-0.2, -0.15) is 0 Å². The van der Waals surface area contributed by atoms with Gasteiger partial charge in [-0.05, 0) is 70.5 Å². The van der Waals surface area contributed by atoms with Crippen LogP contribution in [0.4, 0.5) is 11.4 Å². The molecular formula is C30H36N4O7S. The van der Waals surface area contributed by atoms with Crippen LogP contribution in [0.5, 0.6) is 5.75 Å². The number of rotatable bonds is 11. The highest BCUT2D eigenvalue weighted by Crippen LogP contribution is 2.29. The third-order valence-electron chi connectivity index (χ3n) is 6.47. The fourth-order valence-electron chi connectivity index (χ4n) is 4.19.